The van der Waals surface area contributed by atoms with Crippen LogP contribution in [0.4, 0.5) is 0 Å². The molecule has 17 heavy (non-hydrogen) atoms. The zero-order valence-corrected chi connectivity index (χ0v) is 11.7. The molecule has 0 spiro atoms. The van der Waals surface area contributed by atoms with E-state index in [0.717, 1.165) is 58.4 Å². The molecular formula is C14H28N2O. The molecule has 0 aromatic carbocycles. The Morgan fingerprint density at radius 1 is 1.12 bits per heavy atom. The Morgan fingerprint density at radius 3 is 2.47 bits per heavy atom. The van der Waals surface area contributed by atoms with Crippen molar-refractivity contribution < 1.29 is 4.74 Å². The molecular weight excluding hydrogens is 212 g/mol. The lowest BCUT2D eigenvalue weighted by atomic mass is 9.89. The molecule has 3 nitrogen and oxygen atoms in total. The van der Waals surface area contributed by atoms with Crippen molar-refractivity contribution in [2.24, 2.45) is 5.41 Å². The standard InChI is InChI=1S/C14H28N2O/c1-4-11-17-12-7-10-16-9-6-5-8-14(2,3)13-15/h16H,4-12H2,1-3H3. The van der Waals surface area contributed by atoms with E-state index in [1.807, 2.05) is 13.8 Å². The van der Waals surface area contributed by atoms with Gasteiger partial charge in [-0.05, 0) is 52.6 Å². The molecule has 0 aliphatic heterocycles. The monoisotopic (exact) mass is 240 g/mol. The first-order valence-corrected chi connectivity index (χ1v) is 6.82. The van der Waals surface area contributed by atoms with Crippen LogP contribution in [-0.4, -0.2) is 26.3 Å². The van der Waals surface area contributed by atoms with Gasteiger partial charge in [0.05, 0.1) is 11.5 Å². The van der Waals surface area contributed by atoms with Gasteiger partial charge in [0.25, 0.3) is 0 Å². The molecule has 0 saturated heterocycles. The van der Waals surface area contributed by atoms with Gasteiger partial charge in [0, 0.05) is 13.2 Å². The smallest absolute Gasteiger partial charge is 0.0683 e. The van der Waals surface area contributed by atoms with Gasteiger partial charge in [0.15, 0.2) is 0 Å². The zero-order chi connectivity index (χ0) is 13.0. The summed E-state index contributed by atoms with van der Waals surface area (Å²) >= 11 is 0. The summed E-state index contributed by atoms with van der Waals surface area (Å²) < 4.78 is 5.39. The van der Waals surface area contributed by atoms with Crippen molar-refractivity contribution in [1.82, 2.24) is 5.32 Å². The normalized spacial score (nSPS) is 11.4. The van der Waals surface area contributed by atoms with Gasteiger partial charge in [0.1, 0.15) is 0 Å². The number of rotatable bonds is 11. The highest BCUT2D eigenvalue weighted by Crippen LogP contribution is 2.21. The summed E-state index contributed by atoms with van der Waals surface area (Å²) in [5.41, 5.74) is -0.159. The molecule has 0 rings (SSSR count). The maximum atomic E-state index is 8.86. The van der Waals surface area contributed by atoms with Crippen LogP contribution in [0, 0.1) is 16.7 Å². The minimum absolute atomic E-state index is 0.159. The molecule has 3 heteroatoms. The Morgan fingerprint density at radius 2 is 1.82 bits per heavy atom. The molecule has 1 N–H and O–H groups in total. The molecule has 0 aromatic heterocycles. The highest BCUT2D eigenvalue weighted by molar-refractivity contribution is 4.91. The number of nitriles is 1. The molecule has 0 aliphatic rings. The average Bonchev–Trinajstić information content (AvgIpc) is 2.31. The molecule has 0 aliphatic carbocycles. The molecule has 0 heterocycles. The van der Waals surface area contributed by atoms with Crippen LogP contribution < -0.4 is 5.32 Å². The lowest BCUT2D eigenvalue weighted by Gasteiger charge is -2.14. The lowest BCUT2D eigenvalue weighted by molar-refractivity contribution is 0.132. The van der Waals surface area contributed by atoms with E-state index in [1.165, 1.54) is 0 Å². The van der Waals surface area contributed by atoms with E-state index >= 15 is 0 Å². The van der Waals surface area contributed by atoms with E-state index < -0.39 is 0 Å². The molecule has 0 aromatic rings. The first-order valence-electron chi connectivity index (χ1n) is 6.82. The summed E-state index contributed by atoms with van der Waals surface area (Å²) in [6.07, 6.45) is 5.46. The Labute approximate surface area is 107 Å². The van der Waals surface area contributed by atoms with Crippen molar-refractivity contribution in [3.8, 4) is 6.07 Å². The van der Waals surface area contributed by atoms with Gasteiger partial charge in [-0.2, -0.15) is 5.26 Å². The van der Waals surface area contributed by atoms with Crippen LogP contribution in [0.25, 0.3) is 0 Å². The Balaban J connectivity index is 3.12. The first kappa shape index (κ1) is 16.4. The predicted molar refractivity (Wildman–Crippen MR) is 71.8 cm³/mol. The Hall–Kier alpha value is -0.590. The summed E-state index contributed by atoms with van der Waals surface area (Å²) in [7, 11) is 0. The molecule has 0 atom stereocenters. The molecule has 100 valence electrons. The molecule has 0 radical (unpaired) electrons. The predicted octanol–water partition coefficient (Wildman–Crippen LogP) is 3.11. The number of hydrogen-bond donors (Lipinski definition) is 1. The molecule has 0 saturated carbocycles. The second-order valence-corrected chi connectivity index (χ2v) is 5.17. The van der Waals surface area contributed by atoms with Gasteiger partial charge in [-0.15, -0.1) is 0 Å². The van der Waals surface area contributed by atoms with E-state index in [1.54, 1.807) is 0 Å². The number of unbranched alkanes of at least 4 members (excludes halogenated alkanes) is 1. The molecule has 0 amide bonds. The topological polar surface area (TPSA) is 45.0 Å². The third kappa shape index (κ3) is 11.7. The Bertz CT molecular complexity index is 209. The second-order valence-electron chi connectivity index (χ2n) is 5.17. The fourth-order valence-corrected chi connectivity index (χ4v) is 1.54. The highest BCUT2D eigenvalue weighted by atomic mass is 16.5. The van der Waals surface area contributed by atoms with Gasteiger partial charge in [-0.1, -0.05) is 13.3 Å². The van der Waals surface area contributed by atoms with Crippen molar-refractivity contribution in [3.05, 3.63) is 0 Å². The van der Waals surface area contributed by atoms with Gasteiger partial charge in [-0.3, -0.25) is 0 Å². The second kappa shape index (κ2) is 10.6. The number of ether oxygens (including phenoxy) is 1. The third-order valence-corrected chi connectivity index (χ3v) is 2.70. The van der Waals surface area contributed by atoms with Gasteiger partial charge in [-0.25, -0.2) is 0 Å². The van der Waals surface area contributed by atoms with Crippen LogP contribution in [0.1, 0.15) is 52.9 Å². The van der Waals surface area contributed by atoms with E-state index in [9.17, 15) is 0 Å². The number of hydrogen-bond acceptors (Lipinski definition) is 3. The number of nitrogens with zero attached hydrogens (tertiary/aromatic N) is 1. The minimum Gasteiger partial charge on any atom is -0.381 e. The molecule has 0 unspecified atom stereocenters. The number of nitrogens with one attached hydrogen (secondary N) is 1. The van der Waals surface area contributed by atoms with Crippen molar-refractivity contribution in [3.63, 3.8) is 0 Å². The first-order chi connectivity index (χ1) is 8.12. The summed E-state index contributed by atoms with van der Waals surface area (Å²) in [5, 5.41) is 12.3. The molecule has 0 fully saturated rings. The van der Waals surface area contributed by atoms with E-state index in [2.05, 4.69) is 18.3 Å². The fraction of sp³-hybridized carbons (Fsp3) is 0.929. The summed E-state index contributed by atoms with van der Waals surface area (Å²) in [6.45, 7) is 9.96. The van der Waals surface area contributed by atoms with Crippen molar-refractivity contribution in [1.29, 1.82) is 5.26 Å². The maximum Gasteiger partial charge on any atom is 0.0683 e. The van der Waals surface area contributed by atoms with E-state index in [-0.39, 0.29) is 5.41 Å². The Kier molecular flexibility index (Phi) is 10.2. The fourth-order valence-electron chi connectivity index (χ4n) is 1.54. The summed E-state index contributed by atoms with van der Waals surface area (Å²) in [5.74, 6) is 0. The van der Waals surface area contributed by atoms with Crippen LogP contribution >= 0.6 is 0 Å². The van der Waals surface area contributed by atoms with Crippen molar-refractivity contribution in [2.75, 3.05) is 26.3 Å². The van der Waals surface area contributed by atoms with Crippen molar-refractivity contribution >= 4 is 0 Å². The van der Waals surface area contributed by atoms with Gasteiger partial charge < -0.3 is 10.1 Å². The minimum atomic E-state index is -0.159. The van der Waals surface area contributed by atoms with Crippen LogP contribution in [-0.2, 0) is 4.74 Å². The largest absolute Gasteiger partial charge is 0.381 e. The van der Waals surface area contributed by atoms with Gasteiger partial charge >= 0.3 is 0 Å². The van der Waals surface area contributed by atoms with Crippen LogP contribution in [0.2, 0.25) is 0 Å². The lowest BCUT2D eigenvalue weighted by Crippen LogP contribution is -2.18. The van der Waals surface area contributed by atoms with Crippen LogP contribution in [0.3, 0.4) is 0 Å². The highest BCUT2D eigenvalue weighted by Gasteiger charge is 2.14. The van der Waals surface area contributed by atoms with Crippen LogP contribution in [0.15, 0.2) is 0 Å². The summed E-state index contributed by atoms with van der Waals surface area (Å²) in [4.78, 5) is 0. The summed E-state index contributed by atoms with van der Waals surface area (Å²) in [6, 6.07) is 2.34. The quantitative estimate of drug-likeness (QED) is 0.564. The zero-order valence-electron chi connectivity index (χ0n) is 11.7. The van der Waals surface area contributed by atoms with Crippen molar-refractivity contribution in [2.45, 2.75) is 52.9 Å². The van der Waals surface area contributed by atoms with Gasteiger partial charge in [0.2, 0.25) is 0 Å². The van der Waals surface area contributed by atoms with E-state index in [0.29, 0.717) is 0 Å². The third-order valence-electron chi connectivity index (χ3n) is 2.70. The SMILES string of the molecule is CCCOCCCNCCCCC(C)(C)C#N. The molecule has 0 bridgehead atoms. The maximum absolute atomic E-state index is 8.86. The van der Waals surface area contributed by atoms with E-state index in [4.69, 9.17) is 10.00 Å². The van der Waals surface area contributed by atoms with Crippen LogP contribution in [0.5, 0.6) is 0 Å². The average molecular weight is 240 g/mol.